The third-order valence-electron chi connectivity index (χ3n) is 3.60. The lowest BCUT2D eigenvalue weighted by molar-refractivity contribution is -0.275. The summed E-state index contributed by atoms with van der Waals surface area (Å²) in [5.41, 5.74) is 3.87. The van der Waals surface area contributed by atoms with Gasteiger partial charge in [0.15, 0.2) is 5.60 Å². The molecule has 1 aromatic carbocycles. The fourth-order valence-corrected chi connectivity index (χ4v) is 2.56. The summed E-state index contributed by atoms with van der Waals surface area (Å²) < 4.78 is 41.2. The number of amides is 1. The summed E-state index contributed by atoms with van der Waals surface area (Å²) in [6.07, 6.45) is -3.99. The number of likely N-dealkylation sites (tertiary alicyclic amines) is 1. The number of carbonyl (C=O) groups excluding carboxylic acids is 1. The van der Waals surface area contributed by atoms with Gasteiger partial charge in [0.2, 0.25) is 0 Å². The van der Waals surface area contributed by atoms with E-state index in [1.54, 1.807) is 11.0 Å². The number of β-amino-alcohol motifs (C(OH)–C–C–N with tert-alkyl or cyclic N) is 1. The van der Waals surface area contributed by atoms with Crippen LogP contribution < -0.4 is 10.5 Å². The first-order chi connectivity index (χ1) is 10.2. The highest BCUT2D eigenvalue weighted by Crippen LogP contribution is 2.29. The quantitative estimate of drug-likeness (QED) is 0.880. The van der Waals surface area contributed by atoms with Crippen LogP contribution in [0.2, 0.25) is 0 Å². The average molecular weight is 318 g/mol. The predicted octanol–water partition coefficient (Wildman–Crippen LogP) is 1.40. The number of nitrogens with zero attached hydrogens (tertiary/aromatic N) is 1. The number of primary amides is 1. The van der Waals surface area contributed by atoms with Gasteiger partial charge in [-0.05, 0) is 25.5 Å². The summed E-state index contributed by atoms with van der Waals surface area (Å²) in [6.45, 7) is 0.667. The molecule has 122 valence electrons. The van der Waals surface area contributed by atoms with Crippen LogP contribution in [0, 0.1) is 0 Å². The first-order valence-corrected chi connectivity index (χ1v) is 6.78. The number of hydrogen-bond donors (Lipinski definition) is 2. The standard InChI is InChI=1S/C14H17F3N2O3/c15-14(16,17)22-11-5-2-1-4-10(11)8-19-7-3-6-13(21,9-19)12(18)20/h1-2,4-5,21H,3,6-9H2,(H2,18,20). The predicted molar refractivity (Wildman–Crippen MR) is 71.8 cm³/mol. The fraction of sp³-hybridized carbons (Fsp3) is 0.500. The molecule has 2 rings (SSSR count). The van der Waals surface area contributed by atoms with Crippen LogP contribution in [0.1, 0.15) is 18.4 Å². The molecule has 0 aliphatic carbocycles. The Bertz CT molecular complexity index is 550. The van der Waals surface area contributed by atoms with E-state index in [9.17, 15) is 23.1 Å². The van der Waals surface area contributed by atoms with Crippen LogP contribution in [0.15, 0.2) is 24.3 Å². The molecule has 1 unspecified atom stereocenters. The zero-order valence-corrected chi connectivity index (χ0v) is 11.8. The molecule has 1 amide bonds. The molecule has 22 heavy (non-hydrogen) atoms. The summed E-state index contributed by atoms with van der Waals surface area (Å²) in [6, 6.07) is 5.79. The average Bonchev–Trinajstić information content (AvgIpc) is 2.39. The summed E-state index contributed by atoms with van der Waals surface area (Å²) >= 11 is 0. The molecule has 1 aliphatic heterocycles. The molecule has 1 saturated heterocycles. The molecule has 1 aromatic rings. The molecule has 1 fully saturated rings. The lowest BCUT2D eigenvalue weighted by Gasteiger charge is -2.37. The Morgan fingerprint density at radius 3 is 2.73 bits per heavy atom. The van der Waals surface area contributed by atoms with E-state index in [0.29, 0.717) is 18.5 Å². The molecule has 0 bridgehead atoms. The van der Waals surface area contributed by atoms with E-state index in [1.807, 2.05) is 0 Å². The summed E-state index contributed by atoms with van der Waals surface area (Å²) in [5.74, 6) is -1.11. The molecule has 1 heterocycles. The van der Waals surface area contributed by atoms with Crippen molar-refractivity contribution in [3.63, 3.8) is 0 Å². The lowest BCUT2D eigenvalue weighted by atomic mass is 9.92. The van der Waals surface area contributed by atoms with Crippen molar-refractivity contribution in [1.29, 1.82) is 0 Å². The normalized spacial score (nSPS) is 23.3. The van der Waals surface area contributed by atoms with Crippen LogP contribution >= 0.6 is 0 Å². The molecular formula is C14H17F3N2O3. The Morgan fingerprint density at radius 2 is 2.09 bits per heavy atom. The van der Waals surface area contributed by atoms with Gasteiger partial charge in [-0.2, -0.15) is 0 Å². The van der Waals surface area contributed by atoms with Crippen molar-refractivity contribution in [3.05, 3.63) is 29.8 Å². The van der Waals surface area contributed by atoms with Crippen LogP contribution in [0.3, 0.4) is 0 Å². The second kappa shape index (κ2) is 6.13. The van der Waals surface area contributed by atoms with Gasteiger partial charge >= 0.3 is 6.36 Å². The van der Waals surface area contributed by atoms with Gasteiger partial charge in [-0.15, -0.1) is 13.2 Å². The van der Waals surface area contributed by atoms with Crippen molar-refractivity contribution in [2.45, 2.75) is 31.3 Å². The smallest absolute Gasteiger partial charge is 0.405 e. The van der Waals surface area contributed by atoms with Gasteiger partial charge in [0.05, 0.1) is 0 Å². The van der Waals surface area contributed by atoms with E-state index < -0.39 is 17.9 Å². The third kappa shape index (κ3) is 4.11. The molecule has 1 atom stereocenters. The number of para-hydroxylation sites is 1. The van der Waals surface area contributed by atoms with Crippen molar-refractivity contribution >= 4 is 5.91 Å². The molecule has 1 aliphatic rings. The van der Waals surface area contributed by atoms with E-state index in [0.717, 1.165) is 0 Å². The Hall–Kier alpha value is -1.80. The highest BCUT2D eigenvalue weighted by atomic mass is 19.4. The van der Waals surface area contributed by atoms with E-state index in [-0.39, 0.29) is 25.3 Å². The maximum atomic E-state index is 12.4. The summed E-state index contributed by atoms with van der Waals surface area (Å²) in [7, 11) is 0. The molecule has 8 heteroatoms. The molecule has 0 aromatic heterocycles. The number of benzene rings is 1. The third-order valence-corrected chi connectivity index (χ3v) is 3.60. The van der Waals surface area contributed by atoms with Crippen molar-refractivity contribution in [3.8, 4) is 5.75 Å². The number of piperidine rings is 1. The minimum Gasteiger partial charge on any atom is -0.405 e. The maximum Gasteiger partial charge on any atom is 0.573 e. The maximum absolute atomic E-state index is 12.4. The van der Waals surface area contributed by atoms with E-state index >= 15 is 0 Å². The largest absolute Gasteiger partial charge is 0.573 e. The first kappa shape index (κ1) is 16.6. The number of halogens is 3. The Kier molecular flexibility index (Phi) is 4.62. The number of nitrogens with two attached hydrogens (primary N) is 1. The van der Waals surface area contributed by atoms with E-state index in [1.165, 1.54) is 18.2 Å². The number of hydrogen-bond acceptors (Lipinski definition) is 4. The van der Waals surface area contributed by atoms with Gasteiger partial charge in [-0.1, -0.05) is 18.2 Å². The summed E-state index contributed by atoms with van der Waals surface area (Å²) in [4.78, 5) is 13.0. The SMILES string of the molecule is NC(=O)C1(O)CCCN(Cc2ccccc2OC(F)(F)F)C1. The Morgan fingerprint density at radius 1 is 1.41 bits per heavy atom. The van der Waals surface area contributed by atoms with Crippen molar-refractivity contribution in [2.24, 2.45) is 5.73 Å². The highest BCUT2D eigenvalue weighted by molar-refractivity contribution is 5.83. The van der Waals surface area contributed by atoms with Gasteiger partial charge in [-0.3, -0.25) is 9.69 Å². The number of ether oxygens (including phenoxy) is 1. The first-order valence-electron chi connectivity index (χ1n) is 6.78. The van der Waals surface area contributed by atoms with Crippen LogP contribution in [0.25, 0.3) is 0 Å². The van der Waals surface area contributed by atoms with Crippen LogP contribution in [-0.2, 0) is 11.3 Å². The van der Waals surface area contributed by atoms with Gasteiger partial charge in [0.25, 0.3) is 5.91 Å². The number of aliphatic hydroxyl groups is 1. The van der Waals surface area contributed by atoms with Gasteiger partial charge in [0, 0.05) is 18.7 Å². The van der Waals surface area contributed by atoms with Gasteiger partial charge in [0.1, 0.15) is 5.75 Å². The van der Waals surface area contributed by atoms with Crippen LogP contribution in [0.5, 0.6) is 5.75 Å². The van der Waals surface area contributed by atoms with E-state index in [4.69, 9.17) is 5.73 Å². The van der Waals surface area contributed by atoms with Gasteiger partial charge < -0.3 is 15.6 Å². The molecular weight excluding hydrogens is 301 g/mol. The Balaban J connectivity index is 2.12. The minimum atomic E-state index is -4.77. The number of alkyl halides is 3. The Labute approximate surface area is 125 Å². The van der Waals surface area contributed by atoms with Crippen molar-refractivity contribution < 1.29 is 27.8 Å². The highest BCUT2D eigenvalue weighted by Gasteiger charge is 2.39. The minimum absolute atomic E-state index is 0.0112. The van der Waals surface area contributed by atoms with Crippen molar-refractivity contribution in [1.82, 2.24) is 4.90 Å². The zero-order valence-electron chi connectivity index (χ0n) is 11.8. The number of carbonyl (C=O) groups is 1. The monoisotopic (exact) mass is 318 g/mol. The fourth-order valence-electron chi connectivity index (χ4n) is 2.56. The van der Waals surface area contributed by atoms with Crippen LogP contribution in [0.4, 0.5) is 13.2 Å². The molecule has 5 nitrogen and oxygen atoms in total. The molecule has 0 saturated carbocycles. The van der Waals surface area contributed by atoms with Crippen LogP contribution in [-0.4, -0.2) is 41.0 Å². The number of rotatable bonds is 4. The second-order valence-corrected chi connectivity index (χ2v) is 5.37. The van der Waals surface area contributed by atoms with E-state index in [2.05, 4.69) is 4.74 Å². The molecule has 0 radical (unpaired) electrons. The molecule has 3 N–H and O–H groups in total. The van der Waals surface area contributed by atoms with Crippen molar-refractivity contribution in [2.75, 3.05) is 13.1 Å². The summed E-state index contributed by atoms with van der Waals surface area (Å²) in [5, 5.41) is 10.1. The topological polar surface area (TPSA) is 75.8 Å². The zero-order chi connectivity index (χ0) is 16.4. The lowest BCUT2D eigenvalue weighted by Crippen LogP contribution is -2.55. The second-order valence-electron chi connectivity index (χ2n) is 5.37. The van der Waals surface area contributed by atoms with Gasteiger partial charge in [-0.25, -0.2) is 0 Å². The molecule has 0 spiro atoms.